The molecule has 1 aromatic rings. The molecule has 0 amide bonds. The molecule has 0 saturated carbocycles. The van der Waals surface area contributed by atoms with Gasteiger partial charge in [0.15, 0.2) is 5.13 Å². The van der Waals surface area contributed by atoms with E-state index < -0.39 is 0 Å². The third kappa shape index (κ3) is 2.89. The van der Waals surface area contributed by atoms with Crippen LogP contribution in [0.15, 0.2) is 5.38 Å². The topological polar surface area (TPSA) is 24.9 Å². The Kier molecular flexibility index (Phi) is 3.70. The summed E-state index contributed by atoms with van der Waals surface area (Å²) in [6.07, 6.45) is 2.76. The SMILES string of the molecule is Cc1csc(NCC2CCCSC2)n1. The standard InChI is InChI=1S/C10H16N2S2/c1-8-6-14-10(12-8)11-5-9-3-2-4-13-7-9/h6,9H,2-5,7H2,1H3,(H,11,12). The minimum absolute atomic E-state index is 0.845. The van der Waals surface area contributed by atoms with Crippen LogP contribution < -0.4 is 5.32 Å². The van der Waals surface area contributed by atoms with E-state index in [0.29, 0.717) is 0 Å². The van der Waals surface area contributed by atoms with Gasteiger partial charge in [0.05, 0.1) is 5.69 Å². The fraction of sp³-hybridized carbons (Fsp3) is 0.700. The molecule has 0 radical (unpaired) electrons. The summed E-state index contributed by atoms with van der Waals surface area (Å²) in [6, 6.07) is 0. The summed E-state index contributed by atoms with van der Waals surface area (Å²) < 4.78 is 0. The maximum Gasteiger partial charge on any atom is 0.182 e. The monoisotopic (exact) mass is 228 g/mol. The molecular weight excluding hydrogens is 212 g/mol. The molecule has 1 saturated heterocycles. The number of hydrogen-bond acceptors (Lipinski definition) is 4. The van der Waals surface area contributed by atoms with Gasteiger partial charge >= 0.3 is 0 Å². The van der Waals surface area contributed by atoms with Crippen molar-refractivity contribution in [3.63, 3.8) is 0 Å². The van der Waals surface area contributed by atoms with Crippen molar-refractivity contribution in [3.05, 3.63) is 11.1 Å². The highest BCUT2D eigenvalue weighted by Crippen LogP contribution is 2.23. The zero-order valence-electron chi connectivity index (χ0n) is 8.45. The van der Waals surface area contributed by atoms with Gasteiger partial charge in [-0.2, -0.15) is 11.8 Å². The minimum Gasteiger partial charge on any atom is -0.361 e. The number of aromatic nitrogens is 1. The average molecular weight is 228 g/mol. The highest BCUT2D eigenvalue weighted by Gasteiger charge is 2.13. The van der Waals surface area contributed by atoms with Crippen molar-refractivity contribution in [2.75, 3.05) is 23.4 Å². The summed E-state index contributed by atoms with van der Waals surface area (Å²) >= 11 is 3.80. The summed E-state index contributed by atoms with van der Waals surface area (Å²) in [5.74, 6) is 3.52. The van der Waals surface area contributed by atoms with E-state index in [-0.39, 0.29) is 0 Å². The zero-order chi connectivity index (χ0) is 9.80. The zero-order valence-corrected chi connectivity index (χ0v) is 10.1. The smallest absolute Gasteiger partial charge is 0.182 e. The van der Waals surface area contributed by atoms with E-state index in [9.17, 15) is 0 Å². The molecular formula is C10H16N2S2. The Labute approximate surface area is 93.5 Å². The molecule has 1 fully saturated rings. The molecule has 0 aliphatic carbocycles. The maximum absolute atomic E-state index is 4.40. The van der Waals surface area contributed by atoms with Gasteiger partial charge in [0, 0.05) is 11.9 Å². The predicted octanol–water partition coefficient (Wildman–Crippen LogP) is 3.01. The Morgan fingerprint density at radius 2 is 2.57 bits per heavy atom. The van der Waals surface area contributed by atoms with Crippen molar-refractivity contribution in [3.8, 4) is 0 Å². The lowest BCUT2D eigenvalue weighted by Crippen LogP contribution is -2.19. The van der Waals surface area contributed by atoms with Crippen molar-refractivity contribution < 1.29 is 0 Å². The van der Waals surface area contributed by atoms with E-state index in [2.05, 4.69) is 27.4 Å². The maximum atomic E-state index is 4.40. The molecule has 1 aliphatic rings. The molecule has 1 atom stereocenters. The second-order valence-electron chi connectivity index (χ2n) is 3.76. The highest BCUT2D eigenvalue weighted by molar-refractivity contribution is 7.99. The summed E-state index contributed by atoms with van der Waals surface area (Å²) in [4.78, 5) is 4.40. The highest BCUT2D eigenvalue weighted by atomic mass is 32.2. The summed E-state index contributed by atoms with van der Waals surface area (Å²) in [7, 11) is 0. The molecule has 0 spiro atoms. The molecule has 14 heavy (non-hydrogen) atoms. The van der Waals surface area contributed by atoms with Gasteiger partial charge < -0.3 is 5.32 Å². The lowest BCUT2D eigenvalue weighted by molar-refractivity contribution is 0.548. The van der Waals surface area contributed by atoms with Gasteiger partial charge in [0.1, 0.15) is 0 Å². The van der Waals surface area contributed by atoms with E-state index >= 15 is 0 Å². The number of aryl methyl sites for hydroxylation is 1. The molecule has 0 aromatic carbocycles. The first-order valence-electron chi connectivity index (χ1n) is 5.08. The Morgan fingerprint density at radius 1 is 1.64 bits per heavy atom. The first-order valence-corrected chi connectivity index (χ1v) is 7.12. The number of rotatable bonds is 3. The molecule has 1 N–H and O–H groups in total. The second-order valence-corrected chi connectivity index (χ2v) is 5.77. The lowest BCUT2D eigenvalue weighted by Gasteiger charge is -2.21. The van der Waals surface area contributed by atoms with Gasteiger partial charge in [-0.05, 0) is 37.2 Å². The first kappa shape index (κ1) is 10.3. The molecule has 0 bridgehead atoms. The number of nitrogens with one attached hydrogen (secondary N) is 1. The van der Waals surface area contributed by atoms with Crippen molar-refractivity contribution in [2.45, 2.75) is 19.8 Å². The fourth-order valence-electron chi connectivity index (χ4n) is 1.64. The van der Waals surface area contributed by atoms with Gasteiger partial charge in [-0.25, -0.2) is 4.98 Å². The molecule has 1 aromatic heterocycles. The van der Waals surface area contributed by atoms with Crippen LogP contribution in [0.5, 0.6) is 0 Å². The number of anilines is 1. The number of hydrogen-bond donors (Lipinski definition) is 1. The molecule has 2 heterocycles. The van der Waals surface area contributed by atoms with Crippen LogP contribution in [-0.4, -0.2) is 23.0 Å². The Hall–Kier alpha value is -0.220. The van der Waals surface area contributed by atoms with Crippen LogP contribution in [-0.2, 0) is 0 Å². The van der Waals surface area contributed by atoms with Crippen LogP contribution in [0.2, 0.25) is 0 Å². The van der Waals surface area contributed by atoms with E-state index in [0.717, 1.165) is 23.3 Å². The van der Waals surface area contributed by atoms with E-state index in [1.54, 1.807) is 11.3 Å². The van der Waals surface area contributed by atoms with Crippen molar-refractivity contribution >= 4 is 28.2 Å². The predicted molar refractivity (Wildman–Crippen MR) is 65.4 cm³/mol. The quantitative estimate of drug-likeness (QED) is 0.861. The largest absolute Gasteiger partial charge is 0.361 e. The van der Waals surface area contributed by atoms with Crippen LogP contribution in [0.25, 0.3) is 0 Å². The van der Waals surface area contributed by atoms with E-state index in [1.165, 1.54) is 24.3 Å². The molecule has 1 unspecified atom stereocenters. The van der Waals surface area contributed by atoms with Crippen molar-refractivity contribution in [1.29, 1.82) is 0 Å². The summed E-state index contributed by atoms with van der Waals surface area (Å²) in [6.45, 7) is 3.14. The third-order valence-corrected chi connectivity index (χ3v) is 4.62. The van der Waals surface area contributed by atoms with Crippen LogP contribution in [0.4, 0.5) is 5.13 Å². The summed E-state index contributed by atoms with van der Waals surface area (Å²) in [5.41, 5.74) is 1.12. The molecule has 78 valence electrons. The third-order valence-electron chi connectivity index (χ3n) is 2.42. The Bertz CT molecular complexity index is 279. The lowest BCUT2D eigenvalue weighted by atomic mass is 10.1. The van der Waals surface area contributed by atoms with Crippen LogP contribution >= 0.6 is 23.1 Å². The number of thiazole rings is 1. The average Bonchev–Trinajstić information content (AvgIpc) is 2.63. The second kappa shape index (κ2) is 5.03. The van der Waals surface area contributed by atoms with Crippen molar-refractivity contribution in [1.82, 2.24) is 4.98 Å². The molecule has 2 nitrogen and oxygen atoms in total. The summed E-state index contributed by atoms with van der Waals surface area (Å²) in [5, 5.41) is 6.61. The minimum atomic E-state index is 0.845. The number of nitrogens with zero attached hydrogens (tertiary/aromatic N) is 1. The van der Waals surface area contributed by atoms with E-state index in [1.807, 2.05) is 6.92 Å². The van der Waals surface area contributed by atoms with Gasteiger partial charge in [0.25, 0.3) is 0 Å². The van der Waals surface area contributed by atoms with Gasteiger partial charge in [-0.15, -0.1) is 11.3 Å². The Balaban J connectivity index is 1.76. The van der Waals surface area contributed by atoms with E-state index in [4.69, 9.17) is 0 Å². The fourth-order valence-corrected chi connectivity index (χ4v) is 3.49. The number of thioether (sulfide) groups is 1. The van der Waals surface area contributed by atoms with Gasteiger partial charge in [-0.1, -0.05) is 0 Å². The van der Waals surface area contributed by atoms with Crippen LogP contribution in [0.1, 0.15) is 18.5 Å². The normalized spacial score (nSPS) is 22.2. The van der Waals surface area contributed by atoms with Gasteiger partial charge in [-0.3, -0.25) is 0 Å². The molecule has 2 rings (SSSR count). The van der Waals surface area contributed by atoms with Crippen molar-refractivity contribution in [2.24, 2.45) is 5.92 Å². The first-order chi connectivity index (χ1) is 6.84. The Morgan fingerprint density at radius 3 is 3.21 bits per heavy atom. The van der Waals surface area contributed by atoms with Crippen LogP contribution in [0.3, 0.4) is 0 Å². The van der Waals surface area contributed by atoms with Gasteiger partial charge in [0.2, 0.25) is 0 Å². The molecule has 1 aliphatic heterocycles. The van der Waals surface area contributed by atoms with Crippen LogP contribution in [0, 0.1) is 12.8 Å². The molecule has 4 heteroatoms.